The second kappa shape index (κ2) is 4.17. The number of aromatic nitrogens is 2. The second-order valence-corrected chi connectivity index (χ2v) is 3.35. The lowest BCUT2D eigenvalue weighted by Gasteiger charge is -2.08. The maximum atomic E-state index is 11.7. The highest BCUT2D eigenvalue weighted by molar-refractivity contribution is 5.97. The molecule has 0 N–H and O–H groups in total. The van der Waals surface area contributed by atoms with Gasteiger partial charge in [-0.25, -0.2) is 9.97 Å². The van der Waals surface area contributed by atoms with E-state index in [-0.39, 0.29) is 11.7 Å². The van der Waals surface area contributed by atoms with Crippen LogP contribution in [0, 0.1) is 12.8 Å². The van der Waals surface area contributed by atoms with E-state index in [4.69, 9.17) is 4.74 Å². The van der Waals surface area contributed by atoms with Crippen molar-refractivity contribution in [1.29, 1.82) is 0 Å². The Balaban J connectivity index is 3.17. The predicted molar refractivity (Wildman–Crippen MR) is 52.5 cm³/mol. The summed E-state index contributed by atoms with van der Waals surface area (Å²) in [5.41, 5.74) is 0.370. The Bertz CT molecular complexity index is 348. The highest BCUT2D eigenvalue weighted by atomic mass is 16.5. The lowest BCUT2D eigenvalue weighted by Crippen LogP contribution is -2.12. The summed E-state index contributed by atoms with van der Waals surface area (Å²) in [6.45, 7) is 5.41. The zero-order valence-electron chi connectivity index (χ0n) is 8.87. The second-order valence-electron chi connectivity index (χ2n) is 3.35. The molecule has 0 unspecified atom stereocenters. The minimum absolute atomic E-state index is 0.0210. The number of carbonyl (C=O) groups is 1. The number of Topliss-reactive ketones (excluding diaryl/α,β-unsaturated/α-hetero) is 1. The number of aryl methyl sites for hydroxylation is 1. The smallest absolute Gasteiger partial charge is 0.187 e. The summed E-state index contributed by atoms with van der Waals surface area (Å²) in [4.78, 5) is 19.7. The van der Waals surface area contributed by atoms with Crippen LogP contribution in [-0.4, -0.2) is 22.9 Å². The van der Waals surface area contributed by atoms with Crippen molar-refractivity contribution in [2.24, 2.45) is 5.92 Å². The molecule has 0 radical (unpaired) electrons. The van der Waals surface area contributed by atoms with Gasteiger partial charge in [0.05, 0.1) is 13.3 Å². The largest absolute Gasteiger partial charge is 0.493 e. The fraction of sp³-hybridized carbons (Fsp3) is 0.500. The summed E-state index contributed by atoms with van der Waals surface area (Å²) in [7, 11) is 1.51. The van der Waals surface area contributed by atoms with E-state index in [1.807, 2.05) is 13.8 Å². The molecule has 0 aliphatic carbocycles. The Morgan fingerprint density at radius 3 is 2.64 bits per heavy atom. The summed E-state index contributed by atoms with van der Waals surface area (Å²) in [6.07, 6.45) is 1.53. The normalized spacial score (nSPS) is 10.4. The molecule has 4 heteroatoms. The van der Waals surface area contributed by atoms with Crippen LogP contribution in [0.4, 0.5) is 0 Å². The van der Waals surface area contributed by atoms with Crippen molar-refractivity contribution in [3.63, 3.8) is 0 Å². The van der Waals surface area contributed by atoms with E-state index in [9.17, 15) is 4.79 Å². The summed E-state index contributed by atoms with van der Waals surface area (Å²) < 4.78 is 5.03. The number of rotatable bonds is 3. The number of ketones is 1. The van der Waals surface area contributed by atoms with E-state index in [1.165, 1.54) is 13.3 Å². The molecule has 0 spiro atoms. The fourth-order valence-corrected chi connectivity index (χ4v) is 1.06. The van der Waals surface area contributed by atoms with Gasteiger partial charge in [0.2, 0.25) is 0 Å². The zero-order valence-corrected chi connectivity index (χ0v) is 8.87. The third kappa shape index (κ3) is 2.07. The Kier molecular flexibility index (Phi) is 3.17. The Morgan fingerprint density at radius 1 is 1.50 bits per heavy atom. The van der Waals surface area contributed by atoms with Gasteiger partial charge in [-0.2, -0.15) is 0 Å². The van der Waals surface area contributed by atoms with Crippen LogP contribution in [0.2, 0.25) is 0 Å². The maximum absolute atomic E-state index is 11.7. The first-order valence-electron chi connectivity index (χ1n) is 4.48. The van der Waals surface area contributed by atoms with Crippen LogP contribution in [-0.2, 0) is 0 Å². The van der Waals surface area contributed by atoms with Crippen LogP contribution < -0.4 is 4.74 Å². The van der Waals surface area contributed by atoms with Gasteiger partial charge < -0.3 is 4.74 Å². The quantitative estimate of drug-likeness (QED) is 0.686. The lowest BCUT2D eigenvalue weighted by molar-refractivity contribution is 0.0930. The summed E-state index contributed by atoms with van der Waals surface area (Å²) in [5.74, 6) is 0.912. The predicted octanol–water partition coefficient (Wildman–Crippen LogP) is 1.63. The molecule has 0 amide bonds. The fourth-order valence-electron chi connectivity index (χ4n) is 1.06. The molecule has 14 heavy (non-hydrogen) atoms. The molecule has 0 saturated heterocycles. The molecule has 0 aromatic carbocycles. The van der Waals surface area contributed by atoms with Gasteiger partial charge in [-0.05, 0) is 6.92 Å². The molecule has 1 aromatic heterocycles. The Hall–Kier alpha value is -1.45. The summed E-state index contributed by atoms with van der Waals surface area (Å²) in [6, 6.07) is 0. The summed E-state index contributed by atoms with van der Waals surface area (Å²) >= 11 is 0. The molecule has 0 bridgehead atoms. The molecular weight excluding hydrogens is 180 g/mol. The molecule has 0 atom stereocenters. The number of hydrogen-bond donors (Lipinski definition) is 0. The highest BCUT2D eigenvalue weighted by Crippen LogP contribution is 2.17. The van der Waals surface area contributed by atoms with Crippen molar-refractivity contribution in [2.45, 2.75) is 20.8 Å². The standard InChI is InChI=1S/C10H14N2O2/c1-6(2)10(13)9-8(14-4)5-11-7(3)12-9/h5-6H,1-4H3. The van der Waals surface area contributed by atoms with Gasteiger partial charge in [0, 0.05) is 5.92 Å². The molecule has 76 valence electrons. The van der Waals surface area contributed by atoms with E-state index in [1.54, 1.807) is 6.92 Å². The van der Waals surface area contributed by atoms with Crippen LogP contribution in [0.1, 0.15) is 30.2 Å². The van der Waals surface area contributed by atoms with Crippen LogP contribution in [0.25, 0.3) is 0 Å². The van der Waals surface area contributed by atoms with Crippen molar-refractivity contribution >= 4 is 5.78 Å². The maximum Gasteiger partial charge on any atom is 0.187 e. The van der Waals surface area contributed by atoms with Crippen LogP contribution in [0.5, 0.6) is 5.75 Å². The monoisotopic (exact) mass is 194 g/mol. The van der Waals surface area contributed by atoms with E-state index in [2.05, 4.69) is 9.97 Å². The Labute approximate surface area is 83.3 Å². The third-order valence-electron chi connectivity index (χ3n) is 1.85. The van der Waals surface area contributed by atoms with Gasteiger partial charge >= 0.3 is 0 Å². The molecule has 1 rings (SSSR count). The van der Waals surface area contributed by atoms with Gasteiger partial charge in [-0.1, -0.05) is 13.8 Å². The van der Waals surface area contributed by atoms with E-state index < -0.39 is 0 Å². The first-order valence-corrected chi connectivity index (χ1v) is 4.48. The lowest BCUT2D eigenvalue weighted by atomic mass is 10.1. The molecule has 1 aromatic rings. The van der Waals surface area contributed by atoms with Crippen molar-refractivity contribution in [3.05, 3.63) is 17.7 Å². The van der Waals surface area contributed by atoms with Gasteiger partial charge in [-0.15, -0.1) is 0 Å². The SMILES string of the molecule is COc1cnc(C)nc1C(=O)C(C)C. The van der Waals surface area contributed by atoms with Gasteiger partial charge in [-0.3, -0.25) is 4.79 Å². The van der Waals surface area contributed by atoms with E-state index in [0.717, 1.165) is 0 Å². The van der Waals surface area contributed by atoms with Crippen LogP contribution in [0.3, 0.4) is 0 Å². The van der Waals surface area contributed by atoms with Crippen molar-refractivity contribution in [1.82, 2.24) is 9.97 Å². The molecule has 0 aliphatic rings. The third-order valence-corrected chi connectivity index (χ3v) is 1.85. The minimum atomic E-state index is -0.0850. The zero-order chi connectivity index (χ0) is 10.7. The molecule has 0 fully saturated rings. The molecule has 4 nitrogen and oxygen atoms in total. The molecular formula is C10H14N2O2. The molecule has 1 heterocycles. The summed E-state index contributed by atoms with van der Waals surface area (Å²) in [5, 5.41) is 0. The van der Waals surface area contributed by atoms with Gasteiger partial charge in [0.25, 0.3) is 0 Å². The first kappa shape index (κ1) is 10.6. The van der Waals surface area contributed by atoms with Crippen LogP contribution >= 0.6 is 0 Å². The highest BCUT2D eigenvalue weighted by Gasteiger charge is 2.17. The molecule has 0 aliphatic heterocycles. The van der Waals surface area contributed by atoms with Crippen molar-refractivity contribution < 1.29 is 9.53 Å². The first-order chi connectivity index (χ1) is 6.56. The number of carbonyl (C=O) groups excluding carboxylic acids is 1. The van der Waals surface area contributed by atoms with E-state index >= 15 is 0 Å². The number of methoxy groups -OCH3 is 1. The molecule has 0 saturated carbocycles. The number of ether oxygens (including phenoxy) is 1. The topological polar surface area (TPSA) is 52.1 Å². The average Bonchev–Trinajstić information content (AvgIpc) is 2.16. The van der Waals surface area contributed by atoms with Crippen LogP contribution in [0.15, 0.2) is 6.20 Å². The van der Waals surface area contributed by atoms with E-state index in [0.29, 0.717) is 17.3 Å². The van der Waals surface area contributed by atoms with Crippen molar-refractivity contribution in [3.8, 4) is 5.75 Å². The Morgan fingerprint density at radius 2 is 2.14 bits per heavy atom. The number of hydrogen-bond acceptors (Lipinski definition) is 4. The van der Waals surface area contributed by atoms with Crippen molar-refractivity contribution in [2.75, 3.05) is 7.11 Å². The van der Waals surface area contributed by atoms with Gasteiger partial charge in [0.15, 0.2) is 17.2 Å². The minimum Gasteiger partial charge on any atom is -0.493 e. The van der Waals surface area contributed by atoms with Gasteiger partial charge in [0.1, 0.15) is 5.82 Å². The average molecular weight is 194 g/mol. The number of nitrogens with zero attached hydrogens (tertiary/aromatic N) is 2.